The van der Waals surface area contributed by atoms with Gasteiger partial charge in [0.15, 0.2) is 12.0 Å². The molecule has 2 aromatic carbocycles. The van der Waals surface area contributed by atoms with E-state index in [2.05, 4.69) is 5.32 Å². The first-order valence-corrected chi connectivity index (χ1v) is 12.4. The van der Waals surface area contributed by atoms with Crippen LogP contribution in [0.1, 0.15) is 29.8 Å². The van der Waals surface area contributed by atoms with E-state index in [1.807, 2.05) is 0 Å². The Labute approximate surface area is 200 Å². The molecule has 1 saturated heterocycles. The molecule has 0 radical (unpaired) electrons. The second-order valence-electron chi connectivity index (χ2n) is 7.70. The Morgan fingerprint density at radius 1 is 1.06 bits per heavy atom. The Morgan fingerprint density at radius 2 is 1.79 bits per heavy atom. The summed E-state index contributed by atoms with van der Waals surface area (Å²) in [7, 11) is -3.72. The third-order valence-electron chi connectivity index (χ3n) is 5.33. The van der Waals surface area contributed by atoms with Gasteiger partial charge in [0.2, 0.25) is 15.8 Å². The average Bonchev–Trinajstić information content (AvgIpc) is 2.84. The Bertz CT molecular complexity index is 1410. The minimum atomic E-state index is -3.72. The van der Waals surface area contributed by atoms with E-state index in [4.69, 9.17) is 20.8 Å². The van der Waals surface area contributed by atoms with Gasteiger partial charge >= 0.3 is 5.97 Å². The van der Waals surface area contributed by atoms with Crippen molar-refractivity contribution in [1.29, 1.82) is 0 Å². The molecule has 178 valence electrons. The lowest BCUT2D eigenvalue weighted by atomic mass is 10.2. The summed E-state index contributed by atoms with van der Waals surface area (Å²) in [6, 6.07) is 11.4. The SMILES string of the molecule is O=C(COC(=O)c1cc(=O)c2ccccc2o1)Nc1cc(S(=O)(=O)N2CCCCC2)ccc1Cl. The Balaban J connectivity index is 1.43. The lowest BCUT2D eigenvalue weighted by Gasteiger charge is -2.26. The van der Waals surface area contributed by atoms with Crippen LogP contribution in [0.2, 0.25) is 5.02 Å². The maximum absolute atomic E-state index is 12.9. The van der Waals surface area contributed by atoms with Crippen LogP contribution < -0.4 is 10.7 Å². The zero-order valence-corrected chi connectivity index (χ0v) is 19.5. The van der Waals surface area contributed by atoms with Gasteiger partial charge in [0.25, 0.3) is 5.91 Å². The molecule has 4 rings (SSSR count). The number of rotatable bonds is 6. The predicted octanol–water partition coefficient (Wildman–Crippen LogP) is 3.42. The van der Waals surface area contributed by atoms with E-state index in [0.29, 0.717) is 18.5 Å². The van der Waals surface area contributed by atoms with Crippen LogP contribution in [-0.4, -0.2) is 44.3 Å². The van der Waals surface area contributed by atoms with Gasteiger partial charge < -0.3 is 14.5 Å². The summed E-state index contributed by atoms with van der Waals surface area (Å²) in [4.78, 5) is 36.8. The molecule has 1 aromatic heterocycles. The molecule has 1 amide bonds. The quantitative estimate of drug-likeness (QED) is 0.510. The number of fused-ring (bicyclic) bond motifs is 1. The molecule has 9 nitrogen and oxygen atoms in total. The second kappa shape index (κ2) is 9.96. The number of piperidine rings is 1. The lowest BCUT2D eigenvalue weighted by molar-refractivity contribution is -0.119. The Kier molecular flexibility index (Phi) is 7.01. The van der Waals surface area contributed by atoms with Gasteiger partial charge in [0.05, 0.1) is 21.0 Å². The molecule has 0 aliphatic carbocycles. The molecule has 1 fully saturated rings. The highest BCUT2D eigenvalue weighted by Crippen LogP contribution is 2.28. The van der Waals surface area contributed by atoms with Crippen LogP contribution in [0.5, 0.6) is 0 Å². The summed E-state index contributed by atoms with van der Waals surface area (Å²) in [5.41, 5.74) is -0.139. The summed E-state index contributed by atoms with van der Waals surface area (Å²) in [5, 5.41) is 2.88. The van der Waals surface area contributed by atoms with Gasteiger partial charge in [0, 0.05) is 19.2 Å². The van der Waals surface area contributed by atoms with E-state index in [1.54, 1.807) is 18.2 Å². The van der Waals surface area contributed by atoms with Crippen molar-refractivity contribution in [2.75, 3.05) is 25.0 Å². The molecular weight excluding hydrogens is 484 g/mol. The number of halogens is 1. The van der Waals surface area contributed by atoms with E-state index in [0.717, 1.165) is 25.3 Å². The van der Waals surface area contributed by atoms with Gasteiger partial charge in [-0.2, -0.15) is 4.31 Å². The fraction of sp³-hybridized carbons (Fsp3) is 0.261. The molecule has 0 saturated carbocycles. The zero-order valence-electron chi connectivity index (χ0n) is 18.0. The summed E-state index contributed by atoms with van der Waals surface area (Å²) < 4.78 is 37.5. The molecule has 2 heterocycles. The predicted molar refractivity (Wildman–Crippen MR) is 125 cm³/mol. The average molecular weight is 505 g/mol. The normalized spacial score (nSPS) is 14.6. The number of amides is 1. The number of hydrogen-bond donors (Lipinski definition) is 1. The fourth-order valence-corrected chi connectivity index (χ4v) is 5.32. The Morgan fingerprint density at radius 3 is 2.56 bits per heavy atom. The molecule has 3 aromatic rings. The van der Waals surface area contributed by atoms with Crippen molar-refractivity contribution in [3.8, 4) is 0 Å². The molecular formula is C23H21ClN2O7S. The number of carbonyl (C=O) groups is 2. The number of sulfonamides is 1. The van der Waals surface area contributed by atoms with Crippen LogP contribution in [0.15, 0.2) is 62.6 Å². The van der Waals surface area contributed by atoms with Gasteiger partial charge in [-0.1, -0.05) is 30.2 Å². The first kappa shape index (κ1) is 23.9. The second-order valence-corrected chi connectivity index (χ2v) is 10.0. The third kappa shape index (κ3) is 5.14. The van der Waals surface area contributed by atoms with Gasteiger partial charge in [-0.15, -0.1) is 0 Å². The van der Waals surface area contributed by atoms with Gasteiger partial charge in [-0.25, -0.2) is 13.2 Å². The van der Waals surface area contributed by atoms with Crippen LogP contribution in [0.3, 0.4) is 0 Å². The van der Waals surface area contributed by atoms with Gasteiger partial charge in [-0.05, 0) is 43.2 Å². The van der Waals surface area contributed by atoms with Crippen molar-refractivity contribution in [3.63, 3.8) is 0 Å². The van der Waals surface area contributed by atoms with Crippen LogP contribution >= 0.6 is 11.6 Å². The number of nitrogens with zero attached hydrogens (tertiary/aromatic N) is 1. The summed E-state index contributed by atoms with van der Waals surface area (Å²) >= 11 is 6.13. The first-order valence-electron chi connectivity index (χ1n) is 10.6. The molecule has 1 aliphatic heterocycles. The van der Waals surface area contributed by atoms with Crippen LogP contribution in [0.4, 0.5) is 5.69 Å². The lowest BCUT2D eigenvalue weighted by Crippen LogP contribution is -2.35. The minimum absolute atomic E-state index is 0.00373. The highest BCUT2D eigenvalue weighted by atomic mass is 35.5. The molecule has 0 bridgehead atoms. The first-order chi connectivity index (χ1) is 16.3. The molecule has 11 heteroatoms. The van der Waals surface area contributed by atoms with Gasteiger partial charge in [0.1, 0.15) is 5.58 Å². The van der Waals surface area contributed by atoms with E-state index in [1.165, 1.54) is 28.6 Å². The maximum atomic E-state index is 12.9. The third-order valence-corrected chi connectivity index (χ3v) is 7.56. The number of hydrogen-bond acceptors (Lipinski definition) is 7. The number of benzene rings is 2. The highest BCUT2D eigenvalue weighted by molar-refractivity contribution is 7.89. The maximum Gasteiger partial charge on any atom is 0.374 e. The smallest absolute Gasteiger partial charge is 0.374 e. The standard InChI is InChI=1S/C23H21ClN2O7S/c24-17-9-8-15(34(30,31)26-10-4-1-5-11-26)12-18(17)25-22(28)14-32-23(29)21-13-19(27)16-6-2-3-7-20(16)33-21/h2-3,6-9,12-13H,1,4-5,10-11,14H2,(H,25,28). The van der Waals surface area contributed by atoms with E-state index in [-0.39, 0.29) is 26.9 Å². The molecule has 0 atom stereocenters. The van der Waals surface area contributed by atoms with Crippen LogP contribution in [0.25, 0.3) is 11.0 Å². The Hall–Kier alpha value is -3.21. The molecule has 34 heavy (non-hydrogen) atoms. The van der Waals surface area contributed by atoms with Crippen molar-refractivity contribution in [1.82, 2.24) is 4.31 Å². The van der Waals surface area contributed by atoms with Crippen molar-refractivity contribution >= 4 is 50.2 Å². The monoisotopic (exact) mass is 504 g/mol. The minimum Gasteiger partial charge on any atom is -0.450 e. The summed E-state index contributed by atoms with van der Waals surface area (Å²) in [5.74, 6) is -2.08. The largest absolute Gasteiger partial charge is 0.450 e. The molecule has 0 unspecified atom stereocenters. The van der Waals surface area contributed by atoms with Crippen LogP contribution in [0, 0.1) is 0 Å². The number of ether oxygens (including phenoxy) is 1. The van der Waals surface area contributed by atoms with Crippen molar-refractivity contribution in [2.45, 2.75) is 24.2 Å². The fourth-order valence-electron chi connectivity index (χ4n) is 3.61. The number of anilines is 1. The van der Waals surface area contributed by atoms with Crippen molar-refractivity contribution in [3.05, 3.63) is 69.5 Å². The number of esters is 1. The van der Waals surface area contributed by atoms with E-state index >= 15 is 0 Å². The van der Waals surface area contributed by atoms with E-state index in [9.17, 15) is 22.8 Å². The topological polar surface area (TPSA) is 123 Å². The van der Waals surface area contributed by atoms with Crippen molar-refractivity contribution in [2.24, 2.45) is 0 Å². The van der Waals surface area contributed by atoms with Gasteiger partial charge in [-0.3, -0.25) is 9.59 Å². The number of carbonyl (C=O) groups excluding carboxylic acids is 2. The summed E-state index contributed by atoms with van der Waals surface area (Å²) in [6.07, 6.45) is 2.56. The summed E-state index contributed by atoms with van der Waals surface area (Å²) in [6.45, 7) is 0.176. The van der Waals surface area contributed by atoms with Crippen molar-refractivity contribution < 1.29 is 27.2 Å². The highest BCUT2D eigenvalue weighted by Gasteiger charge is 2.26. The van der Waals surface area contributed by atoms with Crippen LogP contribution in [-0.2, 0) is 19.6 Å². The molecule has 1 N–H and O–H groups in total. The zero-order chi connectivity index (χ0) is 24.3. The number of para-hydroxylation sites is 1. The molecule has 1 aliphatic rings. The van der Waals surface area contributed by atoms with E-state index < -0.39 is 33.9 Å². The molecule has 0 spiro atoms. The number of nitrogens with one attached hydrogen (secondary N) is 1.